The van der Waals surface area contributed by atoms with Gasteiger partial charge in [0.25, 0.3) is 0 Å². The Balaban J connectivity index is 1.32. The molecule has 0 atom stereocenters. The Morgan fingerprint density at radius 1 is 1.08 bits per heavy atom. The van der Waals surface area contributed by atoms with E-state index in [4.69, 9.17) is 16.3 Å². The molecule has 10 nitrogen and oxygen atoms in total. The average molecular weight is 558 g/mol. The van der Waals surface area contributed by atoms with Gasteiger partial charge in [-0.3, -0.25) is 4.90 Å². The van der Waals surface area contributed by atoms with Gasteiger partial charge in [0, 0.05) is 26.3 Å². The molecule has 1 fully saturated rings. The molecule has 1 saturated heterocycles. The van der Waals surface area contributed by atoms with Gasteiger partial charge in [-0.15, -0.1) is 0 Å². The molecule has 5 heterocycles. The quantitative estimate of drug-likeness (QED) is 0.272. The largest absolute Gasteiger partial charge is 0.450 e. The number of aryl methyl sites for hydroxylation is 1. The highest BCUT2D eigenvalue weighted by molar-refractivity contribution is 6.36. The van der Waals surface area contributed by atoms with Crippen LogP contribution >= 0.6 is 11.6 Å². The molecule has 1 aromatic carbocycles. The van der Waals surface area contributed by atoms with Crippen LogP contribution in [-0.4, -0.2) is 54.2 Å². The molecule has 202 valence electrons. The highest BCUT2D eigenvalue weighted by Crippen LogP contribution is 2.38. The maximum Gasteiger partial charge on any atom is 0.416 e. The normalized spacial score (nSPS) is 14.1. The Morgan fingerprint density at radius 2 is 1.90 bits per heavy atom. The van der Waals surface area contributed by atoms with Gasteiger partial charge in [0.1, 0.15) is 21.9 Å². The summed E-state index contributed by atoms with van der Waals surface area (Å²) >= 11 is 6.71. The lowest BCUT2D eigenvalue weighted by Crippen LogP contribution is -2.36. The Hall–Kier alpha value is -4.10. The van der Waals surface area contributed by atoms with Crippen LogP contribution in [0.15, 0.2) is 43.0 Å². The minimum absolute atomic E-state index is 0.240. The van der Waals surface area contributed by atoms with Gasteiger partial charge in [0.2, 0.25) is 5.95 Å². The molecule has 0 radical (unpaired) electrons. The number of anilines is 3. The second-order valence-corrected chi connectivity index (χ2v) is 9.62. The maximum atomic E-state index is 13.6. The van der Waals surface area contributed by atoms with Gasteiger partial charge in [-0.05, 0) is 43.3 Å². The van der Waals surface area contributed by atoms with Crippen LogP contribution in [0.1, 0.15) is 17.5 Å². The Kier molecular flexibility index (Phi) is 6.19. The van der Waals surface area contributed by atoms with Gasteiger partial charge < -0.3 is 19.9 Å². The van der Waals surface area contributed by atoms with Crippen LogP contribution in [0.3, 0.4) is 0 Å². The van der Waals surface area contributed by atoms with Crippen molar-refractivity contribution in [3.05, 3.63) is 59.1 Å². The summed E-state index contributed by atoms with van der Waals surface area (Å²) in [5.74, 6) is 1.61. The number of likely N-dealkylation sites (tertiary alicyclic amines) is 1. The number of fused-ring (bicyclic) bond motifs is 2. The molecule has 0 aliphatic carbocycles. The monoisotopic (exact) mass is 557 g/mol. The first-order chi connectivity index (χ1) is 18.7. The summed E-state index contributed by atoms with van der Waals surface area (Å²) in [5.41, 5.74) is 1.50. The minimum Gasteiger partial charge on any atom is -0.450 e. The SMILES string of the molecule is CNc1cn2ncc(Oc3cnc4nc(Nc5cc(CN6CCC6)cc(C(F)(F)F)c5)n(C)c4c3Cl)c2cn1. The molecule has 0 saturated carbocycles. The number of alkyl halides is 3. The third kappa shape index (κ3) is 4.79. The van der Waals surface area contributed by atoms with Crippen LogP contribution in [0.5, 0.6) is 11.5 Å². The van der Waals surface area contributed by atoms with Crippen molar-refractivity contribution in [2.75, 3.05) is 30.8 Å². The first-order valence-electron chi connectivity index (χ1n) is 12.1. The first-order valence-corrected chi connectivity index (χ1v) is 12.5. The Labute approximate surface area is 225 Å². The van der Waals surface area contributed by atoms with E-state index in [0.29, 0.717) is 40.4 Å². The molecule has 0 unspecified atom stereocenters. The van der Waals surface area contributed by atoms with Crippen LogP contribution < -0.4 is 15.4 Å². The fourth-order valence-electron chi connectivity index (χ4n) is 4.43. The van der Waals surface area contributed by atoms with Crippen LogP contribution in [-0.2, 0) is 19.8 Å². The fourth-order valence-corrected chi connectivity index (χ4v) is 4.73. The number of rotatable bonds is 7. The number of hydrogen-bond acceptors (Lipinski definition) is 8. The van der Waals surface area contributed by atoms with Gasteiger partial charge in [-0.25, -0.2) is 14.5 Å². The number of nitrogens with one attached hydrogen (secondary N) is 2. The zero-order valence-corrected chi connectivity index (χ0v) is 21.7. The predicted octanol–water partition coefficient (Wildman–Crippen LogP) is 5.47. The van der Waals surface area contributed by atoms with E-state index >= 15 is 0 Å². The van der Waals surface area contributed by atoms with Gasteiger partial charge >= 0.3 is 6.18 Å². The Bertz CT molecular complexity index is 1690. The number of aromatic nitrogens is 6. The number of pyridine rings is 1. The Morgan fingerprint density at radius 3 is 2.62 bits per heavy atom. The van der Waals surface area contributed by atoms with Crippen molar-refractivity contribution in [2.24, 2.45) is 7.05 Å². The number of halogens is 4. The molecule has 1 aliphatic heterocycles. The molecular formula is C25H23ClF3N9O. The van der Waals surface area contributed by atoms with Crippen molar-refractivity contribution in [2.45, 2.75) is 19.1 Å². The van der Waals surface area contributed by atoms with E-state index in [2.05, 4.69) is 35.6 Å². The third-order valence-electron chi connectivity index (χ3n) is 6.58. The summed E-state index contributed by atoms with van der Waals surface area (Å²) in [4.78, 5) is 15.2. The molecule has 1 aliphatic rings. The molecule has 39 heavy (non-hydrogen) atoms. The predicted molar refractivity (Wildman–Crippen MR) is 141 cm³/mol. The van der Waals surface area contributed by atoms with Crippen molar-refractivity contribution in [1.82, 2.24) is 34.0 Å². The first kappa shape index (κ1) is 25.2. The number of imidazole rings is 1. The second-order valence-electron chi connectivity index (χ2n) is 9.24. The van der Waals surface area contributed by atoms with Crippen molar-refractivity contribution in [3.63, 3.8) is 0 Å². The van der Waals surface area contributed by atoms with Crippen LogP contribution in [0.4, 0.5) is 30.6 Å². The highest BCUT2D eigenvalue weighted by Gasteiger charge is 2.32. The van der Waals surface area contributed by atoms with Gasteiger partial charge in [0.05, 0.1) is 30.4 Å². The molecule has 0 spiro atoms. The number of ether oxygens (including phenoxy) is 1. The number of hydrogen-bond donors (Lipinski definition) is 2. The zero-order valence-electron chi connectivity index (χ0n) is 20.9. The van der Waals surface area contributed by atoms with Gasteiger partial charge in [-0.2, -0.15) is 23.3 Å². The molecule has 0 bridgehead atoms. The lowest BCUT2D eigenvalue weighted by Gasteiger charge is -2.31. The maximum absolute atomic E-state index is 13.6. The summed E-state index contributed by atoms with van der Waals surface area (Å²) in [5, 5.41) is 10.5. The molecule has 14 heteroatoms. The smallest absolute Gasteiger partial charge is 0.416 e. The van der Waals surface area contributed by atoms with Crippen molar-refractivity contribution in [3.8, 4) is 11.5 Å². The van der Waals surface area contributed by atoms with Crippen LogP contribution in [0.2, 0.25) is 5.02 Å². The van der Waals surface area contributed by atoms with E-state index in [1.54, 1.807) is 47.8 Å². The molecule has 5 aromatic rings. The minimum atomic E-state index is -4.48. The van der Waals surface area contributed by atoms with Crippen LogP contribution in [0.25, 0.3) is 16.7 Å². The summed E-state index contributed by atoms with van der Waals surface area (Å²) in [6.07, 6.45) is 2.88. The van der Waals surface area contributed by atoms with Crippen molar-refractivity contribution in [1.29, 1.82) is 0 Å². The van der Waals surface area contributed by atoms with Crippen LogP contribution in [0, 0.1) is 0 Å². The lowest BCUT2D eigenvalue weighted by molar-refractivity contribution is -0.137. The van der Waals surface area contributed by atoms with E-state index in [1.807, 2.05) is 0 Å². The molecule has 4 aromatic heterocycles. The lowest BCUT2D eigenvalue weighted by atomic mass is 10.1. The summed E-state index contributed by atoms with van der Waals surface area (Å²) < 4.78 is 50.2. The van der Waals surface area contributed by atoms with Crippen molar-refractivity contribution < 1.29 is 17.9 Å². The highest BCUT2D eigenvalue weighted by atomic mass is 35.5. The van der Waals surface area contributed by atoms with E-state index in [9.17, 15) is 13.2 Å². The molecular weight excluding hydrogens is 535 g/mol. The van der Waals surface area contributed by atoms with E-state index in [-0.39, 0.29) is 22.4 Å². The number of nitrogens with zero attached hydrogens (tertiary/aromatic N) is 7. The van der Waals surface area contributed by atoms with E-state index in [1.165, 1.54) is 12.3 Å². The average Bonchev–Trinajstić information content (AvgIpc) is 3.42. The molecule has 0 amide bonds. The molecule has 2 N–H and O–H groups in total. The summed E-state index contributed by atoms with van der Waals surface area (Å²) in [7, 11) is 3.45. The van der Waals surface area contributed by atoms with E-state index in [0.717, 1.165) is 25.6 Å². The van der Waals surface area contributed by atoms with Gasteiger partial charge in [0.15, 0.2) is 17.1 Å². The van der Waals surface area contributed by atoms with E-state index < -0.39 is 11.7 Å². The topological polar surface area (TPSA) is 97.4 Å². The summed E-state index contributed by atoms with van der Waals surface area (Å²) in [6.45, 7) is 2.20. The second kappa shape index (κ2) is 9.58. The third-order valence-corrected chi connectivity index (χ3v) is 6.95. The van der Waals surface area contributed by atoms with Crippen molar-refractivity contribution >= 4 is 45.7 Å². The van der Waals surface area contributed by atoms with Gasteiger partial charge in [-0.1, -0.05) is 11.6 Å². The number of benzene rings is 1. The standard InChI is InChI=1S/C25H23ClF3N9O/c1-30-20-13-38-17(9-31-20)18(11-33-38)39-19-10-32-23-22(21(19)26)36(2)24(35-23)34-16-7-14(12-37-4-3-5-37)6-15(8-16)25(27,28)29/h6-11,13,30H,3-5,12H2,1-2H3,(H,32,34,35). The molecule has 6 rings (SSSR count). The summed E-state index contributed by atoms with van der Waals surface area (Å²) in [6, 6.07) is 3.96. The fraction of sp³-hybridized carbons (Fsp3) is 0.280. The zero-order chi connectivity index (χ0) is 27.3.